The van der Waals surface area contributed by atoms with Crippen molar-refractivity contribution in [2.45, 2.75) is 29.4 Å². The van der Waals surface area contributed by atoms with Gasteiger partial charge in [-0.05, 0) is 55.3 Å². The minimum atomic E-state index is 0.627. The maximum absolute atomic E-state index is 4.29. The molecule has 16 heavy (non-hydrogen) atoms. The summed E-state index contributed by atoms with van der Waals surface area (Å²) in [6.07, 6.45) is 0.995. The first-order chi connectivity index (χ1) is 7.69. The van der Waals surface area contributed by atoms with Crippen LogP contribution in [0.5, 0.6) is 0 Å². The lowest BCUT2D eigenvalue weighted by molar-refractivity contribution is 0.511. The van der Waals surface area contributed by atoms with Crippen LogP contribution in [0.4, 0.5) is 0 Å². The molecule has 0 aliphatic heterocycles. The maximum Gasteiger partial charge on any atom is 0.238 e. The summed E-state index contributed by atoms with van der Waals surface area (Å²) in [7, 11) is 0. The molecule has 0 spiro atoms. The average molecular weight is 385 g/mol. The molecule has 0 amide bonds. The van der Waals surface area contributed by atoms with Crippen molar-refractivity contribution in [3.8, 4) is 0 Å². The number of aromatic nitrogens is 5. The van der Waals surface area contributed by atoms with Gasteiger partial charge in [0.2, 0.25) is 5.16 Å². The summed E-state index contributed by atoms with van der Waals surface area (Å²) >= 11 is 9.68. The van der Waals surface area contributed by atoms with Gasteiger partial charge in [0.1, 0.15) is 8.39 Å². The van der Waals surface area contributed by atoms with Crippen LogP contribution in [0.2, 0.25) is 0 Å². The molecule has 0 aromatic carbocycles. The van der Waals surface area contributed by atoms with Crippen LogP contribution in [0.1, 0.15) is 13.3 Å². The summed E-state index contributed by atoms with van der Waals surface area (Å²) in [4.78, 5) is 5.89. The highest BCUT2D eigenvalue weighted by Crippen LogP contribution is 2.36. The zero-order valence-electron chi connectivity index (χ0n) is 8.22. The zero-order chi connectivity index (χ0) is 11.5. The van der Waals surface area contributed by atoms with E-state index in [-0.39, 0.29) is 0 Å². The molecular weight excluding hydrogens is 378 g/mol. The number of thiazole rings is 1. The van der Waals surface area contributed by atoms with Crippen LogP contribution in [-0.2, 0) is 6.54 Å². The largest absolute Gasteiger partial charge is 0.238 e. The Kier molecular flexibility index (Phi) is 4.34. The summed E-state index contributed by atoms with van der Waals surface area (Å²) in [5.74, 6) is 0. The Hall–Kier alpha value is 0.01000. The van der Waals surface area contributed by atoms with E-state index in [1.165, 1.54) is 23.1 Å². The van der Waals surface area contributed by atoms with Crippen LogP contribution >= 0.6 is 55.0 Å². The van der Waals surface area contributed by atoms with Gasteiger partial charge in [-0.2, -0.15) is 4.80 Å². The first kappa shape index (κ1) is 12.5. The van der Waals surface area contributed by atoms with Gasteiger partial charge in [0.05, 0.1) is 6.54 Å². The van der Waals surface area contributed by atoms with Crippen molar-refractivity contribution < 1.29 is 0 Å². The molecule has 0 saturated carbocycles. The van der Waals surface area contributed by atoms with E-state index in [0.717, 1.165) is 25.7 Å². The van der Waals surface area contributed by atoms with E-state index < -0.39 is 0 Å². The summed E-state index contributed by atoms with van der Waals surface area (Å²) < 4.78 is 2.66. The maximum atomic E-state index is 4.29. The molecule has 0 unspecified atom stereocenters. The van der Waals surface area contributed by atoms with Gasteiger partial charge in [-0.15, -0.1) is 10.2 Å². The number of hydrogen-bond acceptors (Lipinski definition) is 6. The van der Waals surface area contributed by atoms with E-state index in [1.54, 1.807) is 4.80 Å². The highest BCUT2D eigenvalue weighted by atomic mass is 79.9. The third-order valence-electron chi connectivity index (χ3n) is 1.57. The van der Waals surface area contributed by atoms with Crippen molar-refractivity contribution in [1.29, 1.82) is 0 Å². The van der Waals surface area contributed by atoms with Gasteiger partial charge >= 0.3 is 0 Å². The number of tetrazole rings is 1. The fourth-order valence-electron chi connectivity index (χ4n) is 0.952. The molecule has 0 aliphatic rings. The predicted molar refractivity (Wildman–Crippen MR) is 69.7 cm³/mol. The second kappa shape index (κ2) is 5.56. The van der Waals surface area contributed by atoms with E-state index in [4.69, 9.17) is 0 Å². The molecule has 0 fully saturated rings. The summed E-state index contributed by atoms with van der Waals surface area (Å²) in [6, 6.07) is 0. The average Bonchev–Trinajstić information content (AvgIpc) is 2.77. The van der Waals surface area contributed by atoms with Crippen LogP contribution < -0.4 is 0 Å². The van der Waals surface area contributed by atoms with E-state index in [2.05, 4.69) is 59.2 Å². The van der Waals surface area contributed by atoms with Gasteiger partial charge in [-0.25, -0.2) is 4.98 Å². The molecule has 0 aliphatic carbocycles. The van der Waals surface area contributed by atoms with Gasteiger partial charge in [0.25, 0.3) is 0 Å². The van der Waals surface area contributed by atoms with Crippen molar-refractivity contribution >= 4 is 55.0 Å². The van der Waals surface area contributed by atoms with Crippen LogP contribution in [0.15, 0.2) is 17.9 Å². The van der Waals surface area contributed by atoms with Crippen LogP contribution in [0, 0.1) is 0 Å². The van der Waals surface area contributed by atoms with E-state index in [9.17, 15) is 0 Å². The monoisotopic (exact) mass is 383 g/mol. The Labute approximate surface area is 117 Å². The molecule has 86 valence electrons. The Balaban J connectivity index is 2.08. The van der Waals surface area contributed by atoms with Gasteiger partial charge in [0, 0.05) is 0 Å². The molecule has 2 aromatic heterocycles. The molecule has 0 bridgehead atoms. The third-order valence-corrected chi connectivity index (χ3v) is 5.55. The summed E-state index contributed by atoms with van der Waals surface area (Å²) in [5, 5.41) is 12.7. The number of aryl methyl sites for hydroxylation is 1. The molecule has 0 radical (unpaired) electrons. The second-order valence-corrected chi connectivity index (χ2v) is 7.10. The number of nitrogens with zero attached hydrogens (tertiary/aromatic N) is 5. The first-order valence-electron chi connectivity index (χ1n) is 4.46. The second-order valence-electron chi connectivity index (χ2n) is 2.81. The SMILES string of the molecule is CCCn1nnc(Sc2nc(Br)c(Br)s2)n1. The van der Waals surface area contributed by atoms with Crippen molar-refractivity contribution in [3.63, 3.8) is 0 Å². The number of halogens is 2. The van der Waals surface area contributed by atoms with Gasteiger partial charge in [0.15, 0.2) is 4.34 Å². The molecular formula is C7H7Br2N5S2. The lowest BCUT2D eigenvalue weighted by Crippen LogP contribution is -2.00. The molecule has 2 rings (SSSR count). The smallest absolute Gasteiger partial charge is 0.221 e. The molecule has 0 saturated heterocycles. The normalized spacial score (nSPS) is 10.9. The Bertz CT molecular complexity index is 463. The Morgan fingerprint density at radius 1 is 1.44 bits per heavy atom. The molecule has 9 heteroatoms. The predicted octanol–water partition coefficient (Wildman–Crippen LogP) is 3.22. The standard InChI is InChI=1S/C7H7Br2N5S2/c1-2-3-14-12-6(11-13-14)16-7-10-4(8)5(9)15-7/h2-3H2,1H3. The topological polar surface area (TPSA) is 56.5 Å². The molecule has 2 heterocycles. The fourth-order valence-corrected chi connectivity index (χ4v) is 4.04. The van der Waals surface area contributed by atoms with Crippen LogP contribution in [-0.4, -0.2) is 25.2 Å². The molecule has 5 nitrogen and oxygen atoms in total. The van der Waals surface area contributed by atoms with Gasteiger partial charge in [-0.1, -0.05) is 18.3 Å². The quantitative estimate of drug-likeness (QED) is 0.809. The molecule has 2 aromatic rings. The van der Waals surface area contributed by atoms with E-state index in [0.29, 0.717) is 5.16 Å². The zero-order valence-corrected chi connectivity index (χ0v) is 13.0. The van der Waals surface area contributed by atoms with Gasteiger partial charge < -0.3 is 0 Å². The van der Waals surface area contributed by atoms with Crippen molar-refractivity contribution in [3.05, 3.63) is 8.39 Å². The van der Waals surface area contributed by atoms with Crippen molar-refractivity contribution in [1.82, 2.24) is 25.2 Å². The van der Waals surface area contributed by atoms with E-state index in [1.807, 2.05) is 0 Å². The minimum absolute atomic E-state index is 0.627. The van der Waals surface area contributed by atoms with Crippen molar-refractivity contribution in [2.75, 3.05) is 0 Å². The lowest BCUT2D eigenvalue weighted by atomic mass is 10.5. The van der Waals surface area contributed by atoms with Crippen LogP contribution in [0.25, 0.3) is 0 Å². The minimum Gasteiger partial charge on any atom is -0.221 e. The third kappa shape index (κ3) is 3.02. The Morgan fingerprint density at radius 3 is 2.88 bits per heavy atom. The van der Waals surface area contributed by atoms with Crippen LogP contribution in [0.3, 0.4) is 0 Å². The number of rotatable bonds is 4. The summed E-state index contributed by atoms with van der Waals surface area (Å²) in [6.45, 7) is 2.87. The van der Waals surface area contributed by atoms with Gasteiger partial charge in [-0.3, -0.25) is 0 Å². The van der Waals surface area contributed by atoms with Crippen molar-refractivity contribution in [2.24, 2.45) is 0 Å². The molecule has 0 N–H and O–H groups in total. The highest BCUT2D eigenvalue weighted by molar-refractivity contribution is 9.13. The first-order valence-corrected chi connectivity index (χ1v) is 7.68. The summed E-state index contributed by atoms with van der Waals surface area (Å²) in [5.41, 5.74) is 0. The molecule has 0 atom stereocenters. The highest BCUT2D eigenvalue weighted by Gasteiger charge is 2.11. The Morgan fingerprint density at radius 2 is 2.25 bits per heavy atom. The van der Waals surface area contributed by atoms with E-state index >= 15 is 0 Å². The number of hydrogen-bond donors (Lipinski definition) is 0. The fraction of sp³-hybridized carbons (Fsp3) is 0.429. The lowest BCUT2D eigenvalue weighted by Gasteiger charge is -1.90.